The summed E-state index contributed by atoms with van der Waals surface area (Å²) in [5.74, 6) is 0.164. The molecule has 3 rings (SSSR count). The smallest absolute Gasteiger partial charge is 0.312 e. The highest BCUT2D eigenvalue weighted by Gasteiger charge is 2.34. The van der Waals surface area contributed by atoms with Gasteiger partial charge in [-0.15, -0.1) is 0 Å². The van der Waals surface area contributed by atoms with Crippen molar-refractivity contribution in [1.29, 1.82) is 0 Å². The van der Waals surface area contributed by atoms with Crippen molar-refractivity contribution in [3.8, 4) is 5.75 Å². The van der Waals surface area contributed by atoms with Crippen LogP contribution in [0.15, 0.2) is 18.2 Å². The van der Waals surface area contributed by atoms with E-state index in [1.807, 2.05) is 6.07 Å². The first-order valence-corrected chi connectivity index (χ1v) is 8.58. The van der Waals surface area contributed by atoms with Gasteiger partial charge in [0.25, 0.3) is 0 Å². The van der Waals surface area contributed by atoms with Gasteiger partial charge < -0.3 is 19.5 Å². The SMILES string of the molecule is CCOC(=O)[C@@H]1CN(CCC2=Cc3ccc(OC)cc32)CC[C@H]1O. The van der Waals surface area contributed by atoms with E-state index in [9.17, 15) is 9.90 Å². The molecule has 0 amide bonds. The lowest BCUT2D eigenvalue weighted by molar-refractivity contribution is -0.155. The maximum atomic E-state index is 12.0. The molecule has 2 atom stereocenters. The Labute approximate surface area is 142 Å². The highest BCUT2D eigenvalue weighted by atomic mass is 16.5. The van der Waals surface area contributed by atoms with E-state index in [-0.39, 0.29) is 5.97 Å². The lowest BCUT2D eigenvalue weighted by atomic mass is 9.86. The number of nitrogens with zero attached hydrogens (tertiary/aromatic N) is 1. The van der Waals surface area contributed by atoms with Crippen molar-refractivity contribution in [3.63, 3.8) is 0 Å². The number of likely N-dealkylation sites (tertiary alicyclic amines) is 1. The van der Waals surface area contributed by atoms with Crippen molar-refractivity contribution in [2.75, 3.05) is 33.4 Å². The molecule has 0 unspecified atom stereocenters. The number of rotatable bonds is 6. The van der Waals surface area contributed by atoms with Crippen LogP contribution in [0.5, 0.6) is 5.75 Å². The maximum Gasteiger partial charge on any atom is 0.312 e. The Morgan fingerprint density at radius 1 is 1.42 bits per heavy atom. The third kappa shape index (κ3) is 3.47. The zero-order valence-electron chi connectivity index (χ0n) is 14.3. The number of hydrogen-bond donors (Lipinski definition) is 1. The molecule has 5 heteroatoms. The van der Waals surface area contributed by atoms with E-state index in [4.69, 9.17) is 9.47 Å². The van der Waals surface area contributed by atoms with Crippen LogP contribution in [-0.4, -0.2) is 55.4 Å². The van der Waals surface area contributed by atoms with Crippen LogP contribution in [-0.2, 0) is 9.53 Å². The van der Waals surface area contributed by atoms with Crippen LogP contribution in [0.25, 0.3) is 11.6 Å². The summed E-state index contributed by atoms with van der Waals surface area (Å²) in [6.45, 7) is 4.41. The van der Waals surface area contributed by atoms with Gasteiger partial charge in [0, 0.05) is 19.6 Å². The fourth-order valence-corrected chi connectivity index (χ4v) is 3.43. The van der Waals surface area contributed by atoms with Gasteiger partial charge in [-0.25, -0.2) is 0 Å². The Kier molecular flexibility index (Phi) is 5.21. The number of ether oxygens (including phenoxy) is 2. The predicted octanol–water partition coefficient (Wildman–Crippen LogP) is 2.19. The topological polar surface area (TPSA) is 59.0 Å². The summed E-state index contributed by atoms with van der Waals surface area (Å²) in [4.78, 5) is 14.2. The minimum atomic E-state index is -0.590. The molecular weight excluding hydrogens is 306 g/mol. The quantitative estimate of drug-likeness (QED) is 0.810. The summed E-state index contributed by atoms with van der Waals surface area (Å²) in [6.07, 6.45) is 3.17. The first kappa shape index (κ1) is 17.0. The molecule has 1 heterocycles. The summed E-state index contributed by atoms with van der Waals surface area (Å²) < 4.78 is 10.4. The van der Waals surface area contributed by atoms with Crippen molar-refractivity contribution >= 4 is 17.6 Å². The molecule has 0 radical (unpaired) electrons. The number of methoxy groups -OCH3 is 1. The highest BCUT2D eigenvalue weighted by Crippen LogP contribution is 2.37. The molecule has 0 saturated carbocycles. The van der Waals surface area contributed by atoms with Gasteiger partial charge in [-0.2, -0.15) is 0 Å². The summed E-state index contributed by atoms with van der Waals surface area (Å²) in [5.41, 5.74) is 3.83. The van der Waals surface area contributed by atoms with E-state index in [0.717, 1.165) is 25.3 Å². The van der Waals surface area contributed by atoms with Crippen LogP contribution in [0.1, 0.15) is 30.9 Å². The Bertz CT molecular complexity index is 640. The van der Waals surface area contributed by atoms with Gasteiger partial charge in [0.2, 0.25) is 0 Å². The second-order valence-corrected chi connectivity index (χ2v) is 6.39. The number of aliphatic hydroxyl groups excluding tert-OH is 1. The number of esters is 1. The van der Waals surface area contributed by atoms with Crippen LogP contribution in [0.3, 0.4) is 0 Å². The summed E-state index contributed by atoms with van der Waals surface area (Å²) in [7, 11) is 1.68. The maximum absolute atomic E-state index is 12.0. The van der Waals surface area contributed by atoms with Crippen LogP contribution < -0.4 is 4.74 Å². The van der Waals surface area contributed by atoms with Crippen molar-refractivity contribution in [2.24, 2.45) is 5.92 Å². The molecule has 0 spiro atoms. The number of piperidine rings is 1. The Balaban J connectivity index is 1.54. The minimum Gasteiger partial charge on any atom is -0.497 e. The van der Waals surface area contributed by atoms with E-state index in [2.05, 4.69) is 23.1 Å². The average molecular weight is 331 g/mol. The second kappa shape index (κ2) is 7.36. The summed E-state index contributed by atoms with van der Waals surface area (Å²) in [6, 6.07) is 6.12. The molecule has 1 aromatic carbocycles. The van der Waals surface area contributed by atoms with E-state index in [0.29, 0.717) is 19.6 Å². The van der Waals surface area contributed by atoms with E-state index < -0.39 is 12.0 Å². The normalized spacial score (nSPS) is 23.0. The molecule has 1 aromatic rings. The number of hydrogen-bond acceptors (Lipinski definition) is 5. The Morgan fingerprint density at radius 2 is 2.25 bits per heavy atom. The molecule has 0 aromatic heterocycles. The van der Waals surface area contributed by atoms with E-state index >= 15 is 0 Å². The van der Waals surface area contributed by atoms with Gasteiger partial charge >= 0.3 is 5.97 Å². The van der Waals surface area contributed by atoms with Crippen LogP contribution in [0, 0.1) is 5.92 Å². The van der Waals surface area contributed by atoms with Crippen LogP contribution in [0.2, 0.25) is 0 Å². The zero-order valence-corrected chi connectivity index (χ0v) is 14.3. The first-order chi connectivity index (χ1) is 11.6. The number of aliphatic hydroxyl groups is 1. The first-order valence-electron chi connectivity index (χ1n) is 8.58. The molecule has 1 saturated heterocycles. The molecular formula is C19H25NO4. The lowest BCUT2D eigenvalue weighted by Crippen LogP contribution is -2.47. The molecule has 5 nitrogen and oxygen atoms in total. The summed E-state index contributed by atoms with van der Waals surface area (Å²) in [5, 5.41) is 10.1. The third-order valence-electron chi connectivity index (χ3n) is 4.88. The number of carbonyl (C=O) groups excluding carboxylic acids is 1. The zero-order chi connectivity index (χ0) is 17.1. The predicted molar refractivity (Wildman–Crippen MR) is 92.7 cm³/mol. The van der Waals surface area contributed by atoms with Crippen LogP contribution >= 0.6 is 0 Å². The van der Waals surface area contributed by atoms with Crippen LogP contribution in [0.4, 0.5) is 0 Å². The van der Waals surface area contributed by atoms with Crippen molar-refractivity contribution in [2.45, 2.75) is 25.9 Å². The van der Waals surface area contributed by atoms with Gasteiger partial charge in [0.05, 0.1) is 25.7 Å². The third-order valence-corrected chi connectivity index (χ3v) is 4.88. The molecule has 0 bridgehead atoms. The van der Waals surface area contributed by atoms with E-state index in [1.165, 1.54) is 16.7 Å². The van der Waals surface area contributed by atoms with Gasteiger partial charge in [-0.1, -0.05) is 12.1 Å². The van der Waals surface area contributed by atoms with Gasteiger partial charge in [-0.3, -0.25) is 4.79 Å². The lowest BCUT2D eigenvalue weighted by Gasteiger charge is -2.35. The molecule has 1 N–H and O–H groups in total. The van der Waals surface area contributed by atoms with Gasteiger partial charge in [0.1, 0.15) is 5.75 Å². The average Bonchev–Trinajstić information content (AvgIpc) is 2.57. The molecule has 1 aliphatic carbocycles. The van der Waals surface area contributed by atoms with Gasteiger partial charge in [-0.05, 0) is 48.6 Å². The largest absolute Gasteiger partial charge is 0.497 e. The van der Waals surface area contributed by atoms with Crippen molar-refractivity contribution in [1.82, 2.24) is 4.90 Å². The highest BCUT2D eigenvalue weighted by molar-refractivity contribution is 5.96. The Morgan fingerprint density at radius 3 is 3.00 bits per heavy atom. The molecule has 1 aliphatic heterocycles. The molecule has 24 heavy (non-hydrogen) atoms. The van der Waals surface area contributed by atoms with Crippen molar-refractivity contribution in [3.05, 3.63) is 29.3 Å². The standard InChI is InChI=1S/C19H25NO4/c1-3-24-19(22)17-12-20(9-7-18(17)21)8-6-14-10-13-4-5-15(23-2)11-16(13)14/h4-5,10-11,17-18,21H,3,6-9,12H2,1-2H3/t17-,18-/m1/s1. The van der Waals surface area contributed by atoms with E-state index in [1.54, 1.807) is 14.0 Å². The molecule has 2 aliphatic rings. The molecule has 130 valence electrons. The monoisotopic (exact) mass is 331 g/mol. The second-order valence-electron chi connectivity index (χ2n) is 6.39. The molecule has 1 fully saturated rings. The fraction of sp³-hybridized carbons (Fsp3) is 0.526. The summed E-state index contributed by atoms with van der Waals surface area (Å²) >= 11 is 0. The Hall–Kier alpha value is -1.85. The number of carbonyl (C=O) groups is 1. The number of fused-ring (bicyclic) bond motifs is 1. The number of benzene rings is 1. The van der Waals surface area contributed by atoms with Crippen molar-refractivity contribution < 1.29 is 19.4 Å². The minimum absolute atomic E-state index is 0.285. The van der Waals surface area contributed by atoms with Gasteiger partial charge in [0.15, 0.2) is 0 Å². The fourth-order valence-electron chi connectivity index (χ4n) is 3.43.